The van der Waals surface area contributed by atoms with Gasteiger partial charge in [-0.15, -0.1) is 0 Å². The Bertz CT molecular complexity index is 930. The maximum atomic E-state index is 13.2. The van der Waals surface area contributed by atoms with E-state index in [1.54, 1.807) is 6.92 Å². The summed E-state index contributed by atoms with van der Waals surface area (Å²) in [5, 5.41) is 11.3. The molecule has 2 aromatic carbocycles. The van der Waals surface area contributed by atoms with E-state index in [2.05, 4.69) is 0 Å². The van der Waals surface area contributed by atoms with Crippen molar-refractivity contribution in [3.05, 3.63) is 63.2 Å². The number of benzene rings is 2. The Morgan fingerprint density at radius 3 is 2.39 bits per heavy atom. The number of nitro benzene ring substituents is 1. The molecule has 148 valence electrons. The highest BCUT2D eigenvalue weighted by molar-refractivity contribution is 6.00. The molecule has 0 radical (unpaired) electrons. The number of nitro groups is 1. The third-order valence-electron chi connectivity index (χ3n) is 3.57. The SMILES string of the molecule is CCOc1cc([N+](=O)[O-])c(C(=O)OCC(=O)c2ccc(F)c(F)c2)cc1OC. The second-order valence-corrected chi connectivity index (χ2v) is 5.34. The first kappa shape index (κ1) is 20.7. The topological polar surface area (TPSA) is 105 Å². The number of rotatable bonds is 8. The standard InChI is InChI=1S/C18H15F2NO7/c1-3-27-17-8-14(21(24)25)11(7-16(17)26-2)18(23)28-9-15(22)10-4-5-12(19)13(20)6-10/h4-8H,3,9H2,1-2H3. The molecule has 0 saturated carbocycles. The number of Topliss-reactive ketones (excluding diaryl/α,β-unsaturated/α-hetero) is 1. The Morgan fingerprint density at radius 2 is 1.82 bits per heavy atom. The molecule has 0 bridgehead atoms. The van der Waals surface area contributed by atoms with Gasteiger partial charge in [0.15, 0.2) is 35.5 Å². The lowest BCUT2D eigenvalue weighted by atomic mass is 10.1. The van der Waals surface area contributed by atoms with Crippen LogP contribution in [-0.2, 0) is 4.74 Å². The lowest BCUT2D eigenvalue weighted by Gasteiger charge is -2.11. The number of esters is 1. The maximum absolute atomic E-state index is 13.2. The van der Waals surface area contributed by atoms with Crippen LogP contribution in [0.4, 0.5) is 14.5 Å². The first-order valence-electron chi connectivity index (χ1n) is 7.93. The Kier molecular flexibility index (Phi) is 6.59. The van der Waals surface area contributed by atoms with Crippen LogP contribution in [0.5, 0.6) is 11.5 Å². The van der Waals surface area contributed by atoms with E-state index in [4.69, 9.17) is 14.2 Å². The largest absolute Gasteiger partial charge is 0.493 e. The number of ketones is 1. The molecule has 0 heterocycles. The van der Waals surface area contributed by atoms with Crippen molar-refractivity contribution >= 4 is 17.4 Å². The molecule has 0 aliphatic heterocycles. The van der Waals surface area contributed by atoms with Crippen molar-refractivity contribution in [1.82, 2.24) is 0 Å². The molecule has 0 amide bonds. The van der Waals surface area contributed by atoms with Gasteiger partial charge >= 0.3 is 5.97 Å². The first-order chi connectivity index (χ1) is 13.3. The molecular formula is C18H15F2NO7. The van der Waals surface area contributed by atoms with Gasteiger partial charge in [0.1, 0.15) is 5.56 Å². The molecule has 0 aromatic heterocycles. The fourth-order valence-corrected chi connectivity index (χ4v) is 2.25. The Balaban J connectivity index is 2.24. The number of carbonyl (C=O) groups is 2. The normalized spacial score (nSPS) is 10.3. The first-order valence-corrected chi connectivity index (χ1v) is 7.93. The Hall–Kier alpha value is -3.56. The average Bonchev–Trinajstić information content (AvgIpc) is 2.67. The fraction of sp³-hybridized carbons (Fsp3) is 0.222. The minimum atomic E-state index is -1.23. The van der Waals surface area contributed by atoms with E-state index in [1.807, 2.05) is 0 Å². The van der Waals surface area contributed by atoms with Crippen molar-refractivity contribution in [2.24, 2.45) is 0 Å². The van der Waals surface area contributed by atoms with E-state index < -0.39 is 46.2 Å². The molecule has 0 unspecified atom stereocenters. The molecule has 10 heteroatoms. The van der Waals surface area contributed by atoms with E-state index in [-0.39, 0.29) is 23.7 Å². The fourth-order valence-electron chi connectivity index (χ4n) is 2.25. The second kappa shape index (κ2) is 8.89. The van der Waals surface area contributed by atoms with Crippen LogP contribution in [0.1, 0.15) is 27.6 Å². The molecule has 0 aliphatic rings. The van der Waals surface area contributed by atoms with Crippen molar-refractivity contribution < 1.29 is 37.5 Å². The molecule has 28 heavy (non-hydrogen) atoms. The van der Waals surface area contributed by atoms with E-state index in [9.17, 15) is 28.5 Å². The van der Waals surface area contributed by atoms with E-state index in [0.29, 0.717) is 6.07 Å². The molecule has 0 fully saturated rings. The van der Waals surface area contributed by atoms with Crippen molar-refractivity contribution in [2.75, 3.05) is 20.3 Å². The molecule has 0 N–H and O–H groups in total. The van der Waals surface area contributed by atoms with Gasteiger partial charge in [-0.3, -0.25) is 14.9 Å². The molecule has 2 aromatic rings. The number of carbonyl (C=O) groups excluding carboxylic acids is 2. The number of ether oxygens (including phenoxy) is 3. The quantitative estimate of drug-likeness (QED) is 0.292. The summed E-state index contributed by atoms with van der Waals surface area (Å²) >= 11 is 0. The van der Waals surface area contributed by atoms with Gasteiger partial charge in [0.05, 0.1) is 24.7 Å². The van der Waals surface area contributed by atoms with Gasteiger partial charge in [0.25, 0.3) is 5.69 Å². The predicted molar refractivity (Wildman–Crippen MR) is 91.8 cm³/mol. The van der Waals surface area contributed by atoms with Crippen LogP contribution >= 0.6 is 0 Å². The van der Waals surface area contributed by atoms with Crippen molar-refractivity contribution in [3.8, 4) is 11.5 Å². The highest BCUT2D eigenvalue weighted by atomic mass is 19.2. The average molecular weight is 395 g/mol. The van der Waals surface area contributed by atoms with Gasteiger partial charge in [-0.25, -0.2) is 13.6 Å². The van der Waals surface area contributed by atoms with Crippen LogP contribution in [0, 0.1) is 21.7 Å². The predicted octanol–water partition coefficient (Wildman–Crippen LogP) is 3.32. The maximum Gasteiger partial charge on any atom is 0.345 e. The zero-order valence-electron chi connectivity index (χ0n) is 14.9. The summed E-state index contributed by atoms with van der Waals surface area (Å²) < 4.78 is 41.2. The minimum Gasteiger partial charge on any atom is -0.493 e. The van der Waals surface area contributed by atoms with Gasteiger partial charge in [0, 0.05) is 11.6 Å². The molecule has 0 atom stereocenters. The summed E-state index contributed by atoms with van der Waals surface area (Å²) in [6.07, 6.45) is 0. The van der Waals surface area contributed by atoms with E-state index >= 15 is 0 Å². The Morgan fingerprint density at radius 1 is 1.11 bits per heavy atom. The monoisotopic (exact) mass is 395 g/mol. The lowest BCUT2D eigenvalue weighted by molar-refractivity contribution is -0.385. The Labute approximate surface area is 157 Å². The molecule has 0 spiro atoms. The van der Waals surface area contributed by atoms with Gasteiger partial charge < -0.3 is 14.2 Å². The zero-order chi connectivity index (χ0) is 20.8. The van der Waals surface area contributed by atoms with Gasteiger partial charge in [-0.1, -0.05) is 0 Å². The van der Waals surface area contributed by atoms with Gasteiger partial charge in [-0.2, -0.15) is 0 Å². The number of halogens is 2. The number of hydrogen-bond donors (Lipinski definition) is 0. The van der Waals surface area contributed by atoms with Crippen LogP contribution < -0.4 is 9.47 Å². The number of methoxy groups -OCH3 is 1. The highest BCUT2D eigenvalue weighted by Crippen LogP contribution is 2.35. The van der Waals surface area contributed by atoms with E-state index in [0.717, 1.165) is 24.3 Å². The van der Waals surface area contributed by atoms with Crippen LogP contribution in [-0.4, -0.2) is 37.0 Å². The van der Waals surface area contributed by atoms with Crippen molar-refractivity contribution in [3.63, 3.8) is 0 Å². The van der Waals surface area contributed by atoms with Crippen molar-refractivity contribution in [1.29, 1.82) is 0 Å². The van der Waals surface area contributed by atoms with Crippen LogP contribution in [0.2, 0.25) is 0 Å². The lowest BCUT2D eigenvalue weighted by Crippen LogP contribution is -2.16. The second-order valence-electron chi connectivity index (χ2n) is 5.34. The van der Waals surface area contributed by atoms with Gasteiger partial charge in [-0.05, 0) is 25.1 Å². The van der Waals surface area contributed by atoms with E-state index in [1.165, 1.54) is 7.11 Å². The summed E-state index contributed by atoms with van der Waals surface area (Å²) in [7, 11) is 1.28. The molecule has 2 rings (SSSR count). The molecule has 0 saturated heterocycles. The molecular weight excluding hydrogens is 380 g/mol. The summed E-state index contributed by atoms with van der Waals surface area (Å²) in [5.41, 5.74) is -1.27. The minimum absolute atomic E-state index is 0.0612. The van der Waals surface area contributed by atoms with Crippen LogP contribution in [0.3, 0.4) is 0 Å². The summed E-state index contributed by atoms with van der Waals surface area (Å²) in [6.45, 7) is 1.05. The number of hydrogen-bond acceptors (Lipinski definition) is 7. The summed E-state index contributed by atoms with van der Waals surface area (Å²) in [5.74, 6) is -4.22. The zero-order valence-corrected chi connectivity index (χ0v) is 14.9. The third kappa shape index (κ3) is 4.58. The summed E-state index contributed by atoms with van der Waals surface area (Å²) in [6, 6.07) is 4.51. The van der Waals surface area contributed by atoms with Crippen LogP contribution in [0.15, 0.2) is 30.3 Å². The van der Waals surface area contributed by atoms with Crippen LogP contribution in [0.25, 0.3) is 0 Å². The highest BCUT2D eigenvalue weighted by Gasteiger charge is 2.26. The molecule has 0 aliphatic carbocycles. The third-order valence-corrected chi connectivity index (χ3v) is 3.57. The van der Waals surface area contributed by atoms with Crippen molar-refractivity contribution in [2.45, 2.75) is 6.92 Å². The van der Waals surface area contributed by atoms with Gasteiger partial charge in [0.2, 0.25) is 0 Å². The molecule has 8 nitrogen and oxygen atoms in total. The number of nitrogens with zero attached hydrogens (tertiary/aromatic N) is 1. The summed E-state index contributed by atoms with van der Waals surface area (Å²) in [4.78, 5) is 34.7. The smallest absolute Gasteiger partial charge is 0.345 e.